The second kappa shape index (κ2) is 3.31. The summed E-state index contributed by atoms with van der Waals surface area (Å²) in [4.78, 5) is 14.6. The fraction of sp³-hybridized carbons (Fsp3) is 0.875. The molecule has 1 aliphatic rings. The first kappa shape index (κ1) is 9.32. The highest BCUT2D eigenvalue weighted by Crippen LogP contribution is 2.22. The summed E-state index contributed by atoms with van der Waals surface area (Å²) >= 11 is 0. The molecule has 1 heterocycles. The largest absolute Gasteiger partial charge is 0.330 e. The van der Waals surface area contributed by atoms with Gasteiger partial charge in [0.2, 0.25) is 0 Å². The Morgan fingerprint density at radius 3 is 2.42 bits per heavy atom. The number of nitrogens with zero attached hydrogens (tertiary/aromatic N) is 2. The summed E-state index contributed by atoms with van der Waals surface area (Å²) in [7, 11) is 3.66. The third kappa shape index (κ3) is 1.39. The lowest BCUT2D eigenvalue weighted by molar-refractivity contribution is 0.0134. The molecule has 0 saturated carbocycles. The van der Waals surface area contributed by atoms with Crippen molar-refractivity contribution in [3.63, 3.8) is 0 Å². The van der Waals surface area contributed by atoms with E-state index in [-0.39, 0.29) is 12.2 Å². The quantitative estimate of drug-likeness (QED) is 0.663. The van der Waals surface area contributed by atoms with E-state index in [0.29, 0.717) is 12.5 Å². The number of amides is 2. The van der Waals surface area contributed by atoms with Crippen molar-refractivity contribution in [2.75, 3.05) is 20.6 Å². The van der Waals surface area contributed by atoms with E-state index in [9.17, 15) is 4.79 Å². The predicted molar refractivity (Wildman–Crippen MR) is 47.5 cm³/mol. The smallest absolute Gasteiger partial charge is 0.322 e. The Morgan fingerprint density at radius 2 is 2.00 bits per heavy atom. The van der Waals surface area contributed by atoms with Gasteiger partial charge < -0.3 is 15.5 Å². The number of nitrogens with two attached hydrogens (primary N) is 1. The number of hydrogen-bond donors (Lipinski definition) is 1. The van der Waals surface area contributed by atoms with E-state index in [1.54, 1.807) is 9.80 Å². The highest BCUT2D eigenvalue weighted by Gasteiger charge is 2.38. The molecule has 0 aromatic carbocycles. The van der Waals surface area contributed by atoms with Crippen molar-refractivity contribution in [2.24, 2.45) is 11.7 Å². The zero-order valence-corrected chi connectivity index (χ0v) is 7.95. The van der Waals surface area contributed by atoms with E-state index in [0.717, 1.165) is 6.42 Å². The van der Waals surface area contributed by atoms with Crippen molar-refractivity contribution in [2.45, 2.75) is 19.5 Å². The maximum absolute atomic E-state index is 11.1. The van der Waals surface area contributed by atoms with Crippen LogP contribution in [-0.4, -0.2) is 42.6 Å². The van der Waals surface area contributed by atoms with E-state index in [1.165, 1.54) is 0 Å². The average molecular weight is 171 g/mol. The van der Waals surface area contributed by atoms with Gasteiger partial charge in [-0.25, -0.2) is 4.79 Å². The van der Waals surface area contributed by atoms with Gasteiger partial charge in [-0.05, 0) is 18.9 Å². The van der Waals surface area contributed by atoms with Gasteiger partial charge in [0, 0.05) is 14.1 Å². The van der Waals surface area contributed by atoms with Gasteiger partial charge in [0.25, 0.3) is 0 Å². The molecule has 0 radical (unpaired) electrons. The fourth-order valence-corrected chi connectivity index (χ4v) is 1.48. The standard InChI is InChI=1S/C8H17N3O/c1-6(5-9)4-7-10(2)8(12)11(7)3/h6-7H,4-5,9H2,1-3H3. The number of hydrogen-bond acceptors (Lipinski definition) is 2. The maximum atomic E-state index is 11.1. The van der Waals surface area contributed by atoms with Crippen LogP contribution in [0.4, 0.5) is 4.79 Å². The molecule has 1 aliphatic heterocycles. The van der Waals surface area contributed by atoms with Crippen LogP contribution in [0, 0.1) is 5.92 Å². The molecule has 1 saturated heterocycles. The third-order valence-electron chi connectivity index (χ3n) is 2.51. The number of carbonyl (C=O) groups excluding carboxylic acids is 1. The van der Waals surface area contributed by atoms with Crippen molar-refractivity contribution >= 4 is 6.03 Å². The Labute approximate surface area is 73.3 Å². The first-order chi connectivity index (χ1) is 5.57. The van der Waals surface area contributed by atoms with Crippen LogP contribution in [0.5, 0.6) is 0 Å². The van der Waals surface area contributed by atoms with Crippen LogP contribution in [0.3, 0.4) is 0 Å². The summed E-state index contributed by atoms with van der Waals surface area (Å²) in [6.07, 6.45) is 1.23. The van der Waals surface area contributed by atoms with Gasteiger partial charge >= 0.3 is 6.03 Å². The van der Waals surface area contributed by atoms with Gasteiger partial charge in [-0.3, -0.25) is 0 Å². The highest BCUT2D eigenvalue weighted by molar-refractivity contribution is 5.79. The molecular formula is C8H17N3O. The first-order valence-corrected chi connectivity index (χ1v) is 4.27. The molecular weight excluding hydrogens is 154 g/mol. The Hall–Kier alpha value is -0.770. The number of carbonyl (C=O) groups is 1. The molecule has 12 heavy (non-hydrogen) atoms. The minimum atomic E-state index is 0.101. The molecule has 1 unspecified atom stereocenters. The van der Waals surface area contributed by atoms with Gasteiger partial charge in [-0.15, -0.1) is 0 Å². The Kier molecular flexibility index (Phi) is 2.57. The maximum Gasteiger partial charge on any atom is 0.322 e. The molecule has 0 aromatic rings. The second-order valence-electron chi connectivity index (χ2n) is 3.56. The number of urea groups is 1. The molecule has 2 N–H and O–H groups in total. The summed E-state index contributed by atoms with van der Waals surface area (Å²) in [6.45, 7) is 2.79. The van der Waals surface area contributed by atoms with Crippen LogP contribution in [-0.2, 0) is 0 Å². The summed E-state index contributed by atoms with van der Waals surface area (Å²) < 4.78 is 0. The zero-order valence-electron chi connectivity index (χ0n) is 7.95. The predicted octanol–water partition coefficient (Wildman–Crippen LogP) is 0.295. The topological polar surface area (TPSA) is 49.6 Å². The lowest BCUT2D eigenvalue weighted by atomic mass is 10.0. The van der Waals surface area contributed by atoms with Crippen LogP contribution >= 0.6 is 0 Å². The molecule has 1 atom stereocenters. The van der Waals surface area contributed by atoms with Gasteiger partial charge in [-0.1, -0.05) is 6.92 Å². The Balaban J connectivity index is 2.39. The van der Waals surface area contributed by atoms with E-state index >= 15 is 0 Å². The summed E-state index contributed by atoms with van der Waals surface area (Å²) in [6, 6.07) is 0.101. The molecule has 70 valence electrons. The lowest BCUT2D eigenvalue weighted by Crippen LogP contribution is -2.64. The van der Waals surface area contributed by atoms with E-state index in [4.69, 9.17) is 5.73 Å². The molecule has 4 nitrogen and oxygen atoms in total. The molecule has 0 bridgehead atoms. The van der Waals surface area contributed by atoms with Gasteiger partial charge in [0.15, 0.2) is 0 Å². The molecule has 1 fully saturated rings. The molecule has 0 aromatic heterocycles. The van der Waals surface area contributed by atoms with Gasteiger partial charge in [-0.2, -0.15) is 0 Å². The highest BCUT2D eigenvalue weighted by atomic mass is 16.2. The van der Waals surface area contributed by atoms with Gasteiger partial charge in [0.05, 0.1) is 0 Å². The van der Waals surface area contributed by atoms with E-state index in [1.807, 2.05) is 14.1 Å². The normalized spacial score (nSPS) is 21.2. The minimum Gasteiger partial charge on any atom is -0.330 e. The van der Waals surface area contributed by atoms with Gasteiger partial charge in [0.1, 0.15) is 6.17 Å². The van der Waals surface area contributed by atoms with Crippen molar-refractivity contribution in [1.82, 2.24) is 9.80 Å². The van der Waals surface area contributed by atoms with Crippen molar-refractivity contribution < 1.29 is 4.79 Å². The zero-order chi connectivity index (χ0) is 9.30. The molecule has 0 aliphatic carbocycles. The lowest BCUT2D eigenvalue weighted by Gasteiger charge is -2.47. The minimum absolute atomic E-state index is 0.101. The molecule has 0 spiro atoms. The first-order valence-electron chi connectivity index (χ1n) is 4.27. The summed E-state index contributed by atoms with van der Waals surface area (Å²) in [5.74, 6) is 0.480. The van der Waals surface area contributed by atoms with Crippen LogP contribution in [0.15, 0.2) is 0 Å². The van der Waals surface area contributed by atoms with E-state index in [2.05, 4.69) is 6.92 Å². The Bertz CT molecular complexity index is 171. The second-order valence-corrected chi connectivity index (χ2v) is 3.56. The fourth-order valence-electron chi connectivity index (χ4n) is 1.48. The van der Waals surface area contributed by atoms with Crippen molar-refractivity contribution in [3.8, 4) is 0 Å². The SMILES string of the molecule is CC(CN)CC1N(C)C(=O)N1C. The van der Waals surface area contributed by atoms with E-state index < -0.39 is 0 Å². The molecule has 4 heteroatoms. The molecule has 1 rings (SSSR count). The third-order valence-corrected chi connectivity index (χ3v) is 2.51. The average Bonchev–Trinajstić information content (AvgIpc) is 2.11. The summed E-state index contributed by atoms with van der Waals surface area (Å²) in [5, 5.41) is 0. The van der Waals surface area contributed by atoms with Crippen molar-refractivity contribution in [1.29, 1.82) is 0 Å². The van der Waals surface area contributed by atoms with Crippen LogP contribution < -0.4 is 5.73 Å². The molecule has 2 amide bonds. The monoisotopic (exact) mass is 171 g/mol. The van der Waals surface area contributed by atoms with Crippen molar-refractivity contribution in [3.05, 3.63) is 0 Å². The van der Waals surface area contributed by atoms with Crippen LogP contribution in [0.25, 0.3) is 0 Å². The Morgan fingerprint density at radius 1 is 1.50 bits per heavy atom. The van der Waals surface area contributed by atoms with Crippen LogP contribution in [0.2, 0.25) is 0 Å². The number of rotatable bonds is 3. The van der Waals surface area contributed by atoms with Crippen LogP contribution in [0.1, 0.15) is 13.3 Å². The summed E-state index contributed by atoms with van der Waals surface area (Å²) in [5.41, 5.74) is 5.50.